The van der Waals surface area contributed by atoms with Crippen molar-refractivity contribution >= 4 is 21.8 Å². The van der Waals surface area contributed by atoms with Gasteiger partial charge in [-0.3, -0.25) is 4.79 Å². The average Bonchev–Trinajstić information content (AvgIpc) is 2.52. The lowest BCUT2D eigenvalue weighted by Gasteiger charge is -2.45. The standard InChI is InChI=1S/C17H20BrF3N2O2/c18-13-2-3-14(22-10-13)25-11-12-4-8-23(9-5-12)15(24)16(6-1-7-16)17(19,20)21/h2-3,10,12H,1,4-9,11H2. The topological polar surface area (TPSA) is 42.4 Å². The van der Waals surface area contributed by atoms with E-state index in [0.29, 0.717) is 44.8 Å². The minimum Gasteiger partial charge on any atom is -0.477 e. The molecule has 1 aromatic rings. The van der Waals surface area contributed by atoms with Crippen LogP contribution in [0.4, 0.5) is 13.2 Å². The van der Waals surface area contributed by atoms with Crippen molar-refractivity contribution in [2.45, 2.75) is 38.3 Å². The van der Waals surface area contributed by atoms with Crippen LogP contribution in [0.1, 0.15) is 32.1 Å². The third-order valence-electron chi connectivity index (χ3n) is 5.23. The SMILES string of the molecule is O=C(N1CCC(COc2ccc(Br)cn2)CC1)C1(C(F)(F)F)CCC1. The number of alkyl halides is 3. The minimum absolute atomic E-state index is 0.0758. The Morgan fingerprint density at radius 3 is 2.48 bits per heavy atom. The maximum absolute atomic E-state index is 13.3. The third-order valence-corrected chi connectivity index (χ3v) is 5.70. The Morgan fingerprint density at radius 2 is 2.00 bits per heavy atom. The molecule has 4 nitrogen and oxygen atoms in total. The lowest BCUT2D eigenvalue weighted by molar-refractivity contribution is -0.249. The van der Waals surface area contributed by atoms with Gasteiger partial charge in [0.15, 0.2) is 0 Å². The number of ether oxygens (including phenoxy) is 1. The molecule has 1 saturated heterocycles. The summed E-state index contributed by atoms with van der Waals surface area (Å²) in [5.41, 5.74) is -2.13. The highest BCUT2D eigenvalue weighted by Crippen LogP contribution is 2.54. The molecule has 2 aliphatic rings. The average molecular weight is 421 g/mol. The lowest BCUT2D eigenvalue weighted by Crippen LogP contribution is -2.57. The van der Waals surface area contributed by atoms with Crippen molar-refractivity contribution in [3.8, 4) is 5.88 Å². The highest BCUT2D eigenvalue weighted by atomic mass is 79.9. The number of halogens is 4. The summed E-state index contributed by atoms with van der Waals surface area (Å²) in [6, 6.07) is 3.59. The van der Waals surface area contributed by atoms with Gasteiger partial charge in [-0.15, -0.1) is 0 Å². The Labute approximate surface area is 152 Å². The van der Waals surface area contributed by atoms with Gasteiger partial charge in [-0.1, -0.05) is 6.42 Å². The molecule has 1 aliphatic carbocycles. The van der Waals surface area contributed by atoms with Crippen LogP contribution in [-0.2, 0) is 4.79 Å². The molecule has 1 amide bonds. The van der Waals surface area contributed by atoms with Gasteiger partial charge in [0.2, 0.25) is 11.8 Å². The molecule has 3 rings (SSSR count). The molecule has 25 heavy (non-hydrogen) atoms. The predicted octanol–water partition coefficient (Wildman–Crippen LogP) is 4.19. The first-order valence-electron chi connectivity index (χ1n) is 8.42. The van der Waals surface area contributed by atoms with Crippen LogP contribution < -0.4 is 4.74 Å². The summed E-state index contributed by atoms with van der Waals surface area (Å²) in [6.45, 7) is 1.18. The number of carbonyl (C=O) groups excluding carboxylic acids is 1. The second-order valence-electron chi connectivity index (χ2n) is 6.79. The molecular formula is C17H20BrF3N2O2. The molecule has 2 heterocycles. The largest absolute Gasteiger partial charge is 0.477 e. The molecule has 0 N–H and O–H groups in total. The molecule has 0 radical (unpaired) electrons. The van der Waals surface area contributed by atoms with Crippen LogP contribution in [-0.4, -0.2) is 41.7 Å². The van der Waals surface area contributed by atoms with Crippen molar-refractivity contribution in [2.24, 2.45) is 11.3 Å². The fourth-order valence-electron chi connectivity index (χ4n) is 3.41. The molecule has 138 valence electrons. The van der Waals surface area contributed by atoms with Crippen molar-refractivity contribution in [1.29, 1.82) is 0 Å². The zero-order valence-electron chi connectivity index (χ0n) is 13.7. The summed E-state index contributed by atoms with van der Waals surface area (Å²) < 4.78 is 46.4. The summed E-state index contributed by atoms with van der Waals surface area (Å²) >= 11 is 3.30. The molecule has 0 bridgehead atoms. The van der Waals surface area contributed by atoms with Gasteiger partial charge in [0.05, 0.1) is 6.61 Å². The van der Waals surface area contributed by atoms with E-state index in [1.54, 1.807) is 12.3 Å². The smallest absolute Gasteiger partial charge is 0.403 e. The van der Waals surface area contributed by atoms with Crippen molar-refractivity contribution < 1.29 is 22.7 Å². The van der Waals surface area contributed by atoms with Gasteiger partial charge in [-0.2, -0.15) is 13.2 Å². The highest BCUT2D eigenvalue weighted by molar-refractivity contribution is 9.10. The number of nitrogens with zero attached hydrogens (tertiary/aromatic N) is 2. The normalized spacial score (nSPS) is 20.9. The van der Waals surface area contributed by atoms with E-state index in [2.05, 4.69) is 20.9 Å². The zero-order chi connectivity index (χ0) is 18.1. The van der Waals surface area contributed by atoms with E-state index < -0.39 is 17.5 Å². The van der Waals surface area contributed by atoms with E-state index in [9.17, 15) is 18.0 Å². The van der Waals surface area contributed by atoms with Crippen LogP contribution in [0.25, 0.3) is 0 Å². The van der Waals surface area contributed by atoms with E-state index in [1.165, 1.54) is 4.90 Å². The Kier molecular flexibility index (Phi) is 5.27. The molecule has 0 unspecified atom stereocenters. The number of carbonyl (C=O) groups is 1. The van der Waals surface area contributed by atoms with E-state index in [1.807, 2.05) is 6.07 Å². The van der Waals surface area contributed by atoms with Crippen LogP contribution in [0, 0.1) is 11.3 Å². The summed E-state index contributed by atoms with van der Waals surface area (Å²) in [6.07, 6.45) is -1.19. The van der Waals surface area contributed by atoms with Crippen molar-refractivity contribution in [1.82, 2.24) is 9.88 Å². The minimum atomic E-state index is -4.45. The third kappa shape index (κ3) is 3.78. The second-order valence-corrected chi connectivity index (χ2v) is 7.71. The van der Waals surface area contributed by atoms with Gasteiger partial charge >= 0.3 is 6.18 Å². The van der Waals surface area contributed by atoms with Gasteiger partial charge in [-0.25, -0.2) is 4.98 Å². The lowest BCUT2D eigenvalue weighted by atomic mass is 9.67. The van der Waals surface area contributed by atoms with E-state index in [0.717, 1.165) is 4.47 Å². The second kappa shape index (κ2) is 7.13. The first-order chi connectivity index (χ1) is 11.8. The van der Waals surface area contributed by atoms with Crippen LogP contribution >= 0.6 is 15.9 Å². The van der Waals surface area contributed by atoms with Crippen LogP contribution in [0.2, 0.25) is 0 Å². The number of rotatable bonds is 4. The Hall–Kier alpha value is -1.31. The summed E-state index contributed by atoms with van der Waals surface area (Å²) in [4.78, 5) is 17.9. The monoisotopic (exact) mass is 420 g/mol. The molecule has 0 spiro atoms. The molecule has 1 saturated carbocycles. The Balaban J connectivity index is 1.50. The number of pyridine rings is 1. The number of piperidine rings is 1. The Bertz CT molecular complexity index is 609. The van der Waals surface area contributed by atoms with Gasteiger partial charge in [0.25, 0.3) is 0 Å². The maximum atomic E-state index is 13.3. The maximum Gasteiger partial charge on any atom is 0.403 e. The molecule has 1 aromatic heterocycles. The molecule has 1 aliphatic heterocycles. The van der Waals surface area contributed by atoms with Gasteiger partial charge in [0.1, 0.15) is 5.41 Å². The number of likely N-dealkylation sites (tertiary alicyclic amines) is 1. The molecule has 0 atom stereocenters. The fraction of sp³-hybridized carbons (Fsp3) is 0.647. The van der Waals surface area contributed by atoms with Gasteiger partial charge in [-0.05, 0) is 53.6 Å². The summed E-state index contributed by atoms with van der Waals surface area (Å²) in [5, 5.41) is 0. The van der Waals surface area contributed by atoms with E-state index >= 15 is 0 Å². The van der Waals surface area contributed by atoms with Gasteiger partial charge < -0.3 is 9.64 Å². The summed E-state index contributed by atoms with van der Waals surface area (Å²) in [7, 11) is 0. The predicted molar refractivity (Wildman–Crippen MR) is 89.1 cm³/mol. The number of amides is 1. The summed E-state index contributed by atoms with van der Waals surface area (Å²) in [5.74, 6) is 0.00474. The quantitative estimate of drug-likeness (QED) is 0.732. The van der Waals surface area contributed by atoms with Crippen LogP contribution in [0.5, 0.6) is 5.88 Å². The highest BCUT2D eigenvalue weighted by Gasteiger charge is 2.64. The first kappa shape index (κ1) is 18.5. The van der Waals surface area contributed by atoms with Crippen molar-refractivity contribution in [3.05, 3.63) is 22.8 Å². The molecule has 2 fully saturated rings. The number of hydrogen-bond acceptors (Lipinski definition) is 3. The van der Waals surface area contributed by atoms with E-state index in [4.69, 9.17) is 4.74 Å². The molecular weight excluding hydrogens is 401 g/mol. The van der Waals surface area contributed by atoms with Crippen LogP contribution in [0.15, 0.2) is 22.8 Å². The zero-order valence-corrected chi connectivity index (χ0v) is 15.3. The molecule has 0 aromatic carbocycles. The van der Waals surface area contributed by atoms with Gasteiger partial charge in [0, 0.05) is 29.8 Å². The number of hydrogen-bond donors (Lipinski definition) is 0. The van der Waals surface area contributed by atoms with Crippen molar-refractivity contribution in [3.63, 3.8) is 0 Å². The van der Waals surface area contributed by atoms with E-state index in [-0.39, 0.29) is 18.8 Å². The fourth-order valence-corrected chi connectivity index (χ4v) is 3.64. The molecule has 8 heteroatoms. The number of aromatic nitrogens is 1. The Morgan fingerprint density at radius 1 is 1.32 bits per heavy atom. The first-order valence-corrected chi connectivity index (χ1v) is 9.21. The van der Waals surface area contributed by atoms with Crippen molar-refractivity contribution in [2.75, 3.05) is 19.7 Å². The van der Waals surface area contributed by atoms with Crippen LogP contribution in [0.3, 0.4) is 0 Å².